The van der Waals surface area contributed by atoms with Gasteiger partial charge in [-0.25, -0.2) is 4.39 Å². The van der Waals surface area contributed by atoms with E-state index in [2.05, 4.69) is 5.32 Å². The lowest BCUT2D eigenvalue weighted by molar-refractivity contribution is -0.140. The van der Waals surface area contributed by atoms with Crippen LogP contribution in [0, 0.1) is 5.82 Å². The summed E-state index contributed by atoms with van der Waals surface area (Å²) in [5.74, 6) is -0.563. The molecule has 0 aliphatic rings. The molecule has 2 amide bonds. The molecule has 1 atom stereocenters. The van der Waals surface area contributed by atoms with E-state index in [1.54, 1.807) is 24.0 Å². The minimum atomic E-state index is -0.547. The molecule has 0 saturated heterocycles. The van der Waals surface area contributed by atoms with Gasteiger partial charge in [-0.2, -0.15) is 0 Å². The van der Waals surface area contributed by atoms with Gasteiger partial charge in [0, 0.05) is 19.5 Å². The number of nitrogens with one attached hydrogen (secondary N) is 1. The van der Waals surface area contributed by atoms with E-state index < -0.39 is 6.04 Å². The molecule has 0 unspecified atom stereocenters. The van der Waals surface area contributed by atoms with E-state index >= 15 is 0 Å². The Labute approximate surface area is 125 Å². The Balaban J connectivity index is 2.88. The summed E-state index contributed by atoms with van der Waals surface area (Å²) in [6, 6.07) is 5.43. The van der Waals surface area contributed by atoms with E-state index in [0.29, 0.717) is 19.5 Å². The number of benzene rings is 1. The minimum absolute atomic E-state index is 0.0689. The highest BCUT2D eigenvalue weighted by molar-refractivity contribution is 5.87. The van der Waals surface area contributed by atoms with Crippen molar-refractivity contribution in [3.05, 3.63) is 35.6 Å². The van der Waals surface area contributed by atoms with Gasteiger partial charge < -0.3 is 10.2 Å². The van der Waals surface area contributed by atoms with Crippen LogP contribution in [0.3, 0.4) is 0 Å². The largest absolute Gasteiger partial charge is 0.355 e. The van der Waals surface area contributed by atoms with Crippen LogP contribution in [0.15, 0.2) is 24.3 Å². The number of hydrogen-bond acceptors (Lipinski definition) is 2. The summed E-state index contributed by atoms with van der Waals surface area (Å²) in [7, 11) is 0. The fourth-order valence-electron chi connectivity index (χ4n) is 2.05. The summed E-state index contributed by atoms with van der Waals surface area (Å²) in [6.07, 6.45) is 1.12. The molecule has 1 N–H and O–H groups in total. The second-order valence-corrected chi connectivity index (χ2v) is 4.97. The molecule has 116 valence electrons. The third-order valence-electron chi connectivity index (χ3n) is 3.25. The molecule has 0 fully saturated rings. The zero-order valence-electron chi connectivity index (χ0n) is 12.9. The van der Waals surface area contributed by atoms with Gasteiger partial charge in [-0.1, -0.05) is 19.1 Å². The number of hydrogen-bond donors (Lipinski definition) is 1. The normalized spacial score (nSPS) is 11.8. The highest BCUT2D eigenvalue weighted by Crippen LogP contribution is 2.12. The van der Waals surface area contributed by atoms with Crippen LogP contribution < -0.4 is 5.32 Å². The lowest BCUT2D eigenvalue weighted by Crippen LogP contribution is -2.47. The summed E-state index contributed by atoms with van der Waals surface area (Å²) >= 11 is 0. The third-order valence-corrected chi connectivity index (χ3v) is 3.25. The van der Waals surface area contributed by atoms with Gasteiger partial charge in [-0.3, -0.25) is 9.59 Å². The molecule has 1 rings (SSSR count). The smallest absolute Gasteiger partial charge is 0.242 e. The molecule has 5 heteroatoms. The molecule has 0 saturated carbocycles. The molecule has 4 nitrogen and oxygen atoms in total. The van der Waals surface area contributed by atoms with Crippen molar-refractivity contribution in [3.8, 4) is 0 Å². The van der Waals surface area contributed by atoms with Crippen molar-refractivity contribution in [2.45, 2.75) is 46.2 Å². The Morgan fingerprint density at radius 3 is 2.38 bits per heavy atom. The van der Waals surface area contributed by atoms with E-state index in [1.807, 2.05) is 13.8 Å². The Hall–Kier alpha value is -1.91. The molecule has 0 heterocycles. The molecule has 0 aliphatic carbocycles. The number of carbonyl (C=O) groups excluding carboxylic acids is 2. The van der Waals surface area contributed by atoms with Crippen LogP contribution in [-0.2, 0) is 16.1 Å². The highest BCUT2D eigenvalue weighted by atomic mass is 19.1. The Morgan fingerprint density at radius 2 is 1.86 bits per heavy atom. The van der Waals surface area contributed by atoms with Gasteiger partial charge in [0.1, 0.15) is 11.9 Å². The van der Waals surface area contributed by atoms with Gasteiger partial charge in [0.2, 0.25) is 11.8 Å². The average molecular weight is 294 g/mol. The van der Waals surface area contributed by atoms with Crippen LogP contribution in [-0.4, -0.2) is 29.3 Å². The molecule has 1 aromatic rings. The maximum atomic E-state index is 12.9. The van der Waals surface area contributed by atoms with Crippen molar-refractivity contribution in [1.29, 1.82) is 0 Å². The first-order chi connectivity index (χ1) is 9.99. The molecule has 21 heavy (non-hydrogen) atoms. The van der Waals surface area contributed by atoms with Gasteiger partial charge in [0.15, 0.2) is 0 Å². The topological polar surface area (TPSA) is 49.4 Å². The first-order valence-electron chi connectivity index (χ1n) is 7.31. The molecule has 0 aromatic heterocycles. The van der Waals surface area contributed by atoms with Crippen molar-refractivity contribution in [2.75, 3.05) is 6.54 Å². The van der Waals surface area contributed by atoms with E-state index in [-0.39, 0.29) is 17.6 Å². The second kappa shape index (κ2) is 8.39. The number of nitrogens with zero attached hydrogens (tertiary/aromatic N) is 1. The first-order valence-corrected chi connectivity index (χ1v) is 7.31. The van der Waals surface area contributed by atoms with E-state index in [0.717, 1.165) is 12.0 Å². The predicted octanol–water partition coefficient (Wildman–Crippen LogP) is 2.48. The van der Waals surface area contributed by atoms with Crippen LogP contribution in [0.1, 0.15) is 39.2 Å². The Morgan fingerprint density at radius 1 is 1.24 bits per heavy atom. The van der Waals surface area contributed by atoms with Gasteiger partial charge in [-0.15, -0.1) is 0 Å². The average Bonchev–Trinajstić information content (AvgIpc) is 2.46. The molecule has 0 bridgehead atoms. The Bertz CT molecular complexity index is 474. The molecule has 0 aliphatic heterocycles. The van der Waals surface area contributed by atoms with Gasteiger partial charge in [-0.05, 0) is 38.0 Å². The highest BCUT2D eigenvalue weighted by Gasteiger charge is 2.25. The molecular weight excluding hydrogens is 271 g/mol. The van der Waals surface area contributed by atoms with E-state index in [1.165, 1.54) is 12.1 Å². The van der Waals surface area contributed by atoms with Crippen molar-refractivity contribution in [2.24, 2.45) is 0 Å². The minimum Gasteiger partial charge on any atom is -0.355 e. The predicted molar refractivity (Wildman–Crippen MR) is 80.0 cm³/mol. The number of likely N-dealkylation sites (N-methyl/N-ethyl adjacent to an activating group) is 1. The Kier molecular flexibility index (Phi) is 6.85. The molecule has 1 aromatic carbocycles. The fraction of sp³-hybridized carbons (Fsp3) is 0.500. The standard InChI is InChI=1S/C16H23FN2O2/c1-4-6-15(20)19(12(3)16(21)18-5-2)11-13-7-9-14(17)10-8-13/h7-10,12H,4-6,11H2,1-3H3,(H,18,21)/t12-/m1/s1. The first kappa shape index (κ1) is 17.1. The number of rotatable bonds is 7. The quantitative estimate of drug-likeness (QED) is 0.840. The van der Waals surface area contributed by atoms with E-state index in [4.69, 9.17) is 0 Å². The maximum absolute atomic E-state index is 12.9. The van der Waals surface area contributed by atoms with Crippen LogP contribution in [0.4, 0.5) is 4.39 Å². The summed E-state index contributed by atoms with van der Waals surface area (Å²) in [4.78, 5) is 25.8. The van der Waals surface area contributed by atoms with Crippen molar-refractivity contribution < 1.29 is 14.0 Å². The number of halogens is 1. The summed E-state index contributed by atoms with van der Waals surface area (Å²) in [5.41, 5.74) is 0.803. The van der Waals surface area contributed by atoms with Gasteiger partial charge >= 0.3 is 0 Å². The lowest BCUT2D eigenvalue weighted by atomic mass is 10.1. The van der Waals surface area contributed by atoms with Gasteiger partial charge in [0.25, 0.3) is 0 Å². The summed E-state index contributed by atoms with van der Waals surface area (Å²) < 4.78 is 12.9. The van der Waals surface area contributed by atoms with Crippen LogP contribution in [0.2, 0.25) is 0 Å². The molecular formula is C16H23FN2O2. The summed E-state index contributed by atoms with van der Waals surface area (Å²) in [5, 5.41) is 2.72. The SMILES string of the molecule is CCCC(=O)N(Cc1ccc(F)cc1)[C@H](C)C(=O)NCC. The second-order valence-electron chi connectivity index (χ2n) is 4.97. The summed E-state index contributed by atoms with van der Waals surface area (Å²) in [6.45, 7) is 6.29. The number of amides is 2. The van der Waals surface area contributed by atoms with Crippen LogP contribution >= 0.6 is 0 Å². The third kappa shape index (κ3) is 5.17. The monoisotopic (exact) mass is 294 g/mol. The van der Waals surface area contributed by atoms with E-state index in [9.17, 15) is 14.0 Å². The maximum Gasteiger partial charge on any atom is 0.242 e. The lowest BCUT2D eigenvalue weighted by Gasteiger charge is -2.28. The zero-order chi connectivity index (χ0) is 15.8. The van der Waals surface area contributed by atoms with Crippen molar-refractivity contribution in [1.82, 2.24) is 10.2 Å². The van der Waals surface area contributed by atoms with Crippen molar-refractivity contribution >= 4 is 11.8 Å². The van der Waals surface area contributed by atoms with Crippen LogP contribution in [0.5, 0.6) is 0 Å². The zero-order valence-corrected chi connectivity index (χ0v) is 12.9. The fourth-order valence-corrected chi connectivity index (χ4v) is 2.05. The van der Waals surface area contributed by atoms with Crippen molar-refractivity contribution in [3.63, 3.8) is 0 Å². The van der Waals surface area contributed by atoms with Crippen LogP contribution in [0.25, 0.3) is 0 Å². The number of carbonyl (C=O) groups is 2. The molecule has 0 radical (unpaired) electrons. The molecule has 0 spiro atoms. The van der Waals surface area contributed by atoms with Gasteiger partial charge in [0.05, 0.1) is 0 Å².